The summed E-state index contributed by atoms with van der Waals surface area (Å²) >= 11 is 0.733. The van der Waals surface area contributed by atoms with E-state index in [-0.39, 0.29) is 10.7 Å². The molecule has 1 atom stereocenters. The largest absolute Gasteiger partial charge is 0.496 e. The summed E-state index contributed by atoms with van der Waals surface area (Å²) < 4.78 is 27.9. The second kappa shape index (κ2) is 7.57. The molecule has 142 valence electrons. The minimum atomic E-state index is -3.31. The normalized spacial score (nSPS) is 22.5. The zero-order valence-corrected chi connectivity index (χ0v) is 15.9. The van der Waals surface area contributed by atoms with Crippen LogP contribution in [0.3, 0.4) is 0 Å². The number of sulfone groups is 1. The van der Waals surface area contributed by atoms with Crippen LogP contribution in [0.5, 0.6) is 5.75 Å². The van der Waals surface area contributed by atoms with Gasteiger partial charge >= 0.3 is 0 Å². The Bertz CT molecular complexity index is 967. The summed E-state index contributed by atoms with van der Waals surface area (Å²) in [4.78, 5) is 37.7. The molecule has 8 nitrogen and oxygen atoms in total. The molecule has 2 aliphatic heterocycles. The van der Waals surface area contributed by atoms with Crippen molar-refractivity contribution < 1.29 is 27.5 Å². The highest BCUT2D eigenvalue weighted by Crippen LogP contribution is 2.33. The maximum Gasteiger partial charge on any atom is 0.294 e. The third-order valence-corrected chi connectivity index (χ3v) is 6.18. The molecule has 0 bridgehead atoms. The van der Waals surface area contributed by atoms with E-state index < -0.39 is 39.5 Å². The second-order valence-corrected chi connectivity index (χ2v) is 8.77. The highest BCUT2D eigenvalue weighted by atomic mass is 32.2. The maximum absolute atomic E-state index is 12.5. The summed E-state index contributed by atoms with van der Waals surface area (Å²) in [6, 6.07) is 6.37. The van der Waals surface area contributed by atoms with E-state index in [0.29, 0.717) is 11.3 Å². The van der Waals surface area contributed by atoms with Crippen molar-refractivity contribution in [3.63, 3.8) is 0 Å². The van der Waals surface area contributed by atoms with Gasteiger partial charge in [0.05, 0.1) is 23.8 Å². The van der Waals surface area contributed by atoms with Crippen molar-refractivity contribution in [3.8, 4) is 5.75 Å². The zero-order valence-electron chi connectivity index (χ0n) is 14.2. The fraction of sp³-hybridized carbons (Fsp3) is 0.235. The molecular formula is C17H16N2O6S2. The molecule has 3 amide bonds. The average Bonchev–Trinajstić information content (AvgIpc) is 3.08. The van der Waals surface area contributed by atoms with E-state index >= 15 is 0 Å². The van der Waals surface area contributed by atoms with Gasteiger partial charge in [0.1, 0.15) is 12.3 Å². The molecule has 3 rings (SSSR count). The molecular weight excluding hydrogens is 392 g/mol. The summed E-state index contributed by atoms with van der Waals surface area (Å²) in [5.41, 5.74) is 0.635. The number of methoxy groups -OCH3 is 1. The third kappa shape index (κ3) is 4.40. The smallest absolute Gasteiger partial charge is 0.294 e. The van der Waals surface area contributed by atoms with Crippen molar-refractivity contribution >= 4 is 44.7 Å². The number of imide groups is 1. The first-order valence-corrected chi connectivity index (χ1v) is 10.4. The van der Waals surface area contributed by atoms with Crippen molar-refractivity contribution in [3.05, 3.63) is 46.2 Å². The third-order valence-electron chi connectivity index (χ3n) is 3.88. The monoisotopic (exact) mass is 408 g/mol. The first-order chi connectivity index (χ1) is 12.8. The van der Waals surface area contributed by atoms with Gasteiger partial charge in [0, 0.05) is 11.0 Å². The van der Waals surface area contributed by atoms with Crippen LogP contribution < -0.4 is 10.1 Å². The Morgan fingerprint density at radius 3 is 2.78 bits per heavy atom. The van der Waals surface area contributed by atoms with Gasteiger partial charge in [-0.05, 0) is 30.0 Å². The molecule has 0 radical (unpaired) electrons. The molecule has 1 aromatic rings. The summed E-state index contributed by atoms with van der Waals surface area (Å²) in [6.45, 7) is -0.474. The van der Waals surface area contributed by atoms with Crippen LogP contribution in [0.15, 0.2) is 40.7 Å². The van der Waals surface area contributed by atoms with Crippen LogP contribution in [0.25, 0.3) is 6.08 Å². The van der Waals surface area contributed by atoms with E-state index in [4.69, 9.17) is 4.74 Å². The van der Waals surface area contributed by atoms with E-state index in [9.17, 15) is 22.8 Å². The molecule has 1 aromatic carbocycles. The summed E-state index contributed by atoms with van der Waals surface area (Å²) in [7, 11) is -1.81. The standard InChI is InChI=1S/C17H16N2O6S2/c1-25-13-5-3-2-4-11(13)8-14-16(21)19(17(22)26-14)9-15(20)18-12-6-7-27(23,24)10-12/h2-8,12H,9-10H2,1H3,(H,18,20). The maximum atomic E-state index is 12.5. The first-order valence-electron chi connectivity index (χ1n) is 7.88. The number of nitrogens with one attached hydrogen (secondary N) is 1. The lowest BCUT2D eigenvalue weighted by Gasteiger charge is -2.14. The van der Waals surface area contributed by atoms with Gasteiger partial charge in [0.25, 0.3) is 11.1 Å². The summed E-state index contributed by atoms with van der Waals surface area (Å²) in [5.74, 6) is -0.867. The van der Waals surface area contributed by atoms with Gasteiger partial charge in [-0.15, -0.1) is 0 Å². The molecule has 27 heavy (non-hydrogen) atoms. The molecule has 2 heterocycles. The predicted molar refractivity (Wildman–Crippen MR) is 101 cm³/mol. The average molecular weight is 408 g/mol. The van der Waals surface area contributed by atoms with Crippen molar-refractivity contribution in [2.75, 3.05) is 19.4 Å². The lowest BCUT2D eigenvalue weighted by molar-refractivity contribution is -0.129. The van der Waals surface area contributed by atoms with E-state index in [1.54, 1.807) is 24.3 Å². The topological polar surface area (TPSA) is 110 Å². The minimum Gasteiger partial charge on any atom is -0.496 e. The Balaban J connectivity index is 1.68. The van der Waals surface area contributed by atoms with Crippen LogP contribution >= 0.6 is 11.8 Å². The molecule has 1 fully saturated rings. The number of thioether (sulfide) groups is 1. The Labute approximate surface area is 160 Å². The fourth-order valence-corrected chi connectivity index (χ4v) is 4.69. The molecule has 0 spiro atoms. The number of carbonyl (C=O) groups excluding carboxylic acids is 3. The molecule has 1 N–H and O–H groups in total. The van der Waals surface area contributed by atoms with Crippen molar-refractivity contribution in [2.45, 2.75) is 6.04 Å². The summed E-state index contributed by atoms with van der Waals surface area (Å²) in [5, 5.41) is 2.96. The van der Waals surface area contributed by atoms with E-state index in [0.717, 1.165) is 22.1 Å². The van der Waals surface area contributed by atoms with Gasteiger partial charge in [-0.25, -0.2) is 8.42 Å². The van der Waals surface area contributed by atoms with Crippen LogP contribution in [-0.4, -0.2) is 55.8 Å². The number of para-hydroxylation sites is 1. The minimum absolute atomic E-state index is 0.181. The Morgan fingerprint density at radius 2 is 2.11 bits per heavy atom. The van der Waals surface area contributed by atoms with Gasteiger partial charge in [0.15, 0.2) is 9.84 Å². The van der Waals surface area contributed by atoms with Gasteiger partial charge in [-0.3, -0.25) is 19.3 Å². The Morgan fingerprint density at radius 1 is 1.37 bits per heavy atom. The van der Waals surface area contributed by atoms with E-state index in [1.807, 2.05) is 0 Å². The zero-order chi connectivity index (χ0) is 19.6. The number of hydrogen-bond acceptors (Lipinski definition) is 7. The van der Waals surface area contributed by atoms with Crippen LogP contribution in [-0.2, 0) is 19.4 Å². The molecule has 10 heteroatoms. The first kappa shape index (κ1) is 19.2. The number of benzene rings is 1. The lowest BCUT2D eigenvalue weighted by atomic mass is 10.2. The van der Waals surface area contributed by atoms with Gasteiger partial charge in [0.2, 0.25) is 5.91 Å². The summed E-state index contributed by atoms with van der Waals surface area (Å²) in [6.07, 6.45) is 2.90. The van der Waals surface area contributed by atoms with E-state index in [2.05, 4.69) is 5.32 Å². The number of hydrogen-bond donors (Lipinski definition) is 1. The highest BCUT2D eigenvalue weighted by Gasteiger charge is 2.37. The van der Waals surface area contributed by atoms with Gasteiger partial charge < -0.3 is 10.1 Å². The highest BCUT2D eigenvalue weighted by molar-refractivity contribution is 8.18. The SMILES string of the molecule is COc1ccccc1C=C1SC(=O)N(CC(=O)NC2C=CS(=O)(=O)C2)C1=O. The van der Waals surface area contributed by atoms with Gasteiger partial charge in [-0.2, -0.15) is 0 Å². The van der Waals surface area contributed by atoms with E-state index in [1.165, 1.54) is 19.3 Å². The predicted octanol–water partition coefficient (Wildman–Crippen LogP) is 1.16. The number of carbonyl (C=O) groups is 3. The van der Waals surface area contributed by atoms with Crippen LogP contribution in [0, 0.1) is 0 Å². The number of amides is 3. The van der Waals surface area contributed by atoms with Crippen LogP contribution in [0.2, 0.25) is 0 Å². The molecule has 0 aromatic heterocycles. The van der Waals surface area contributed by atoms with Crippen molar-refractivity contribution in [1.29, 1.82) is 0 Å². The molecule has 0 aliphatic carbocycles. The Kier molecular flexibility index (Phi) is 5.38. The van der Waals surface area contributed by atoms with Crippen molar-refractivity contribution in [2.24, 2.45) is 0 Å². The van der Waals surface area contributed by atoms with Crippen molar-refractivity contribution in [1.82, 2.24) is 10.2 Å². The number of nitrogens with zero attached hydrogens (tertiary/aromatic N) is 1. The van der Waals surface area contributed by atoms with Crippen LogP contribution in [0.1, 0.15) is 5.56 Å². The second-order valence-electron chi connectivity index (χ2n) is 5.84. The molecule has 2 aliphatic rings. The van der Waals surface area contributed by atoms with Crippen LogP contribution in [0.4, 0.5) is 4.79 Å². The molecule has 1 saturated heterocycles. The van der Waals surface area contributed by atoms with Gasteiger partial charge in [-0.1, -0.05) is 18.2 Å². The molecule has 0 saturated carbocycles. The Hall–Kier alpha value is -2.59. The fourth-order valence-electron chi connectivity index (χ4n) is 2.62. The lowest BCUT2D eigenvalue weighted by Crippen LogP contribution is -2.43. The number of ether oxygens (including phenoxy) is 1. The number of rotatable bonds is 5. The molecule has 1 unspecified atom stereocenters. The quantitative estimate of drug-likeness (QED) is 0.728.